The Morgan fingerprint density at radius 3 is 2.61 bits per heavy atom. The lowest BCUT2D eigenvalue weighted by molar-refractivity contribution is -0.132. The highest BCUT2D eigenvalue weighted by molar-refractivity contribution is 7.98. The van der Waals surface area contributed by atoms with Gasteiger partial charge in [0.05, 0.1) is 6.20 Å². The van der Waals surface area contributed by atoms with Crippen molar-refractivity contribution in [1.29, 1.82) is 0 Å². The maximum absolute atomic E-state index is 13.0. The van der Waals surface area contributed by atoms with Crippen LogP contribution in [0.4, 0.5) is 5.69 Å². The number of likely N-dealkylation sites (tertiary alicyclic amines) is 1. The summed E-state index contributed by atoms with van der Waals surface area (Å²) >= 11 is 1.47. The largest absolute Gasteiger partial charge is 0.484 e. The third kappa shape index (κ3) is 4.91. The van der Waals surface area contributed by atoms with Gasteiger partial charge in [0.15, 0.2) is 11.8 Å². The minimum atomic E-state index is -0.276. The summed E-state index contributed by atoms with van der Waals surface area (Å²) in [5.74, 6) is 0.247. The second-order valence-electron chi connectivity index (χ2n) is 7.16. The summed E-state index contributed by atoms with van der Waals surface area (Å²) in [6.45, 7) is 1.59. The molecule has 1 aromatic heterocycles. The van der Waals surface area contributed by atoms with Gasteiger partial charge in [0.2, 0.25) is 0 Å². The van der Waals surface area contributed by atoms with Gasteiger partial charge in [-0.3, -0.25) is 14.2 Å². The number of rotatable bonds is 7. The van der Waals surface area contributed by atoms with Crippen LogP contribution < -0.4 is 10.1 Å². The predicted molar refractivity (Wildman–Crippen MR) is 121 cm³/mol. The highest BCUT2D eigenvalue weighted by Gasteiger charge is 2.19. The molecule has 31 heavy (non-hydrogen) atoms. The van der Waals surface area contributed by atoms with Gasteiger partial charge in [-0.25, -0.2) is 4.98 Å². The van der Waals surface area contributed by atoms with Gasteiger partial charge in [0.1, 0.15) is 11.4 Å². The van der Waals surface area contributed by atoms with E-state index < -0.39 is 0 Å². The number of para-hydroxylation sites is 1. The zero-order valence-electron chi connectivity index (χ0n) is 17.3. The number of thioether (sulfide) groups is 1. The van der Waals surface area contributed by atoms with Crippen LogP contribution in [0, 0.1) is 0 Å². The molecule has 1 aliphatic heterocycles. The molecule has 2 amide bonds. The van der Waals surface area contributed by atoms with E-state index in [9.17, 15) is 9.59 Å². The fourth-order valence-corrected chi connectivity index (χ4v) is 4.07. The Bertz CT molecular complexity index is 1060. The lowest BCUT2D eigenvalue weighted by Crippen LogP contribution is -2.32. The van der Waals surface area contributed by atoms with Gasteiger partial charge in [-0.1, -0.05) is 36.0 Å². The zero-order valence-corrected chi connectivity index (χ0v) is 18.1. The standard InChI is InChI=1S/C23H24N4O3S/c1-31-23-24-15-20(27(23)18-9-3-2-4-10-18)22(29)25-17-8-7-11-19(14-17)30-16-21(28)26-12-5-6-13-26/h2-4,7-11,14-15H,5-6,12-13,16H2,1H3,(H,25,29). The smallest absolute Gasteiger partial charge is 0.274 e. The number of anilines is 1. The van der Waals surface area contributed by atoms with Crippen LogP contribution in [0.1, 0.15) is 23.3 Å². The van der Waals surface area contributed by atoms with Crippen LogP contribution in [0.2, 0.25) is 0 Å². The summed E-state index contributed by atoms with van der Waals surface area (Å²) in [5, 5.41) is 3.63. The molecular formula is C23H24N4O3S. The summed E-state index contributed by atoms with van der Waals surface area (Å²) in [7, 11) is 0. The van der Waals surface area contributed by atoms with Crippen molar-refractivity contribution in [3.8, 4) is 11.4 Å². The van der Waals surface area contributed by atoms with E-state index in [4.69, 9.17) is 4.74 Å². The topological polar surface area (TPSA) is 76.5 Å². The van der Waals surface area contributed by atoms with Gasteiger partial charge < -0.3 is 15.0 Å². The zero-order chi connectivity index (χ0) is 21.6. The van der Waals surface area contributed by atoms with Crippen LogP contribution in [-0.4, -0.2) is 52.2 Å². The molecule has 7 nitrogen and oxygen atoms in total. The van der Waals surface area contributed by atoms with Crippen molar-refractivity contribution in [1.82, 2.24) is 14.5 Å². The van der Waals surface area contributed by atoms with Crippen molar-refractivity contribution in [2.75, 3.05) is 31.3 Å². The molecule has 0 saturated carbocycles. The fourth-order valence-electron chi connectivity index (χ4n) is 3.53. The first-order valence-corrected chi connectivity index (χ1v) is 11.4. The first-order chi connectivity index (χ1) is 15.2. The minimum Gasteiger partial charge on any atom is -0.484 e. The number of imidazole rings is 1. The molecule has 1 fully saturated rings. The number of nitrogens with one attached hydrogen (secondary N) is 1. The number of benzene rings is 2. The highest BCUT2D eigenvalue weighted by Crippen LogP contribution is 2.23. The average molecular weight is 437 g/mol. The number of aromatic nitrogens is 2. The number of nitrogens with zero attached hydrogens (tertiary/aromatic N) is 3. The van der Waals surface area contributed by atoms with E-state index in [-0.39, 0.29) is 18.4 Å². The van der Waals surface area contributed by atoms with Crippen molar-refractivity contribution in [2.45, 2.75) is 18.0 Å². The van der Waals surface area contributed by atoms with E-state index >= 15 is 0 Å². The first kappa shape index (κ1) is 21.0. The monoisotopic (exact) mass is 436 g/mol. The Morgan fingerprint density at radius 2 is 1.87 bits per heavy atom. The molecule has 1 saturated heterocycles. The Labute approximate surface area is 185 Å². The number of hydrogen-bond acceptors (Lipinski definition) is 5. The van der Waals surface area contributed by atoms with Gasteiger partial charge in [-0.05, 0) is 43.4 Å². The molecule has 1 N–H and O–H groups in total. The normalized spacial score (nSPS) is 13.3. The van der Waals surface area contributed by atoms with Crippen LogP contribution in [0.25, 0.3) is 5.69 Å². The van der Waals surface area contributed by atoms with Crippen LogP contribution in [0.5, 0.6) is 5.75 Å². The SMILES string of the molecule is CSc1ncc(C(=O)Nc2cccc(OCC(=O)N3CCCC3)c2)n1-c1ccccc1. The molecule has 4 rings (SSSR count). The molecule has 8 heteroatoms. The molecule has 0 aliphatic carbocycles. The van der Waals surface area contributed by atoms with E-state index in [2.05, 4.69) is 10.3 Å². The molecular weight excluding hydrogens is 412 g/mol. The highest BCUT2D eigenvalue weighted by atomic mass is 32.2. The Hall–Kier alpha value is -3.26. The first-order valence-electron chi connectivity index (χ1n) is 10.1. The molecule has 0 spiro atoms. The third-order valence-electron chi connectivity index (χ3n) is 5.07. The van der Waals surface area contributed by atoms with Crippen molar-refractivity contribution in [3.63, 3.8) is 0 Å². The molecule has 2 aromatic carbocycles. The maximum atomic E-state index is 13.0. The molecule has 3 aromatic rings. The van der Waals surface area contributed by atoms with Crippen molar-refractivity contribution in [3.05, 3.63) is 66.5 Å². The lowest BCUT2D eigenvalue weighted by Gasteiger charge is -2.16. The number of ether oxygens (including phenoxy) is 1. The van der Waals surface area contributed by atoms with Gasteiger partial charge in [0, 0.05) is 30.5 Å². The molecule has 2 heterocycles. The van der Waals surface area contributed by atoms with Gasteiger partial charge in [0.25, 0.3) is 11.8 Å². The molecule has 0 bridgehead atoms. The van der Waals surface area contributed by atoms with E-state index in [1.54, 1.807) is 30.5 Å². The number of carbonyl (C=O) groups is 2. The maximum Gasteiger partial charge on any atom is 0.274 e. The fraction of sp³-hybridized carbons (Fsp3) is 0.261. The van der Waals surface area contributed by atoms with E-state index in [1.165, 1.54) is 11.8 Å². The quantitative estimate of drug-likeness (QED) is 0.570. The Balaban J connectivity index is 1.46. The van der Waals surface area contributed by atoms with E-state index in [0.29, 0.717) is 17.1 Å². The van der Waals surface area contributed by atoms with Crippen LogP contribution >= 0.6 is 11.8 Å². The lowest BCUT2D eigenvalue weighted by atomic mass is 10.2. The minimum absolute atomic E-state index is 0.00470. The van der Waals surface area contributed by atoms with Crippen LogP contribution in [-0.2, 0) is 4.79 Å². The molecule has 0 atom stereocenters. The molecule has 0 radical (unpaired) electrons. The van der Waals surface area contributed by atoms with Gasteiger partial charge >= 0.3 is 0 Å². The number of amides is 2. The third-order valence-corrected chi connectivity index (χ3v) is 5.73. The predicted octanol–water partition coefficient (Wildman–Crippen LogP) is 3.85. The van der Waals surface area contributed by atoms with Gasteiger partial charge in [-0.2, -0.15) is 0 Å². The molecule has 1 aliphatic rings. The summed E-state index contributed by atoms with van der Waals surface area (Å²) in [4.78, 5) is 31.4. The van der Waals surface area contributed by atoms with E-state index in [0.717, 1.165) is 36.8 Å². The van der Waals surface area contributed by atoms with Crippen molar-refractivity contribution < 1.29 is 14.3 Å². The van der Waals surface area contributed by atoms with E-state index in [1.807, 2.05) is 46.1 Å². The summed E-state index contributed by atoms with van der Waals surface area (Å²) in [5.41, 5.74) is 1.89. The van der Waals surface area contributed by atoms with Crippen LogP contribution in [0.15, 0.2) is 66.0 Å². The Morgan fingerprint density at radius 1 is 1.10 bits per heavy atom. The average Bonchev–Trinajstić information content (AvgIpc) is 3.48. The van der Waals surface area contributed by atoms with Crippen molar-refractivity contribution in [2.24, 2.45) is 0 Å². The van der Waals surface area contributed by atoms with Crippen molar-refractivity contribution >= 4 is 29.3 Å². The Kier molecular flexibility index (Phi) is 6.57. The second kappa shape index (κ2) is 9.70. The second-order valence-corrected chi connectivity index (χ2v) is 7.93. The molecule has 0 unspecified atom stereocenters. The number of hydrogen-bond donors (Lipinski definition) is 1. The van der Waals surface area contributed by atoms with Gasteiger partial charge in [-0.15, -0.1) is 0 Å². The summed E-state index contributed by atoms with van der Waals surface area (Å²) in [6.07, 6.45) is 5.59. The molecule has 160 valence electrons. The summed E-state index contributed by atoms with van der Waals surface area (Å²) in [6, 6.07) is 16.7. The summed E-state index contributed by atoms with van der Waals surface area (Å²) < 4.78 is 7.49. The van der Waals surface area contributed by atoms with Crippen LogP contribution in [0.3, 0.4) is 0 Å². The number of carbonyl (C=O) groups excluding carboxylic acids is 2.